The van der Waals surface area contributed by atoms with Gasteiger partial charge >= 0.3 is 0 Å². The Hall–Kier alpha value is -1.13. The molecule has 1 aromatic heterocycles. The first-order chi connectivity index (χ1) is 6.74. The van der Waals surface area contributed by atoms with E-state index < -0.39 is 0 Å². The summed E-state index contributed by atoms with van der Waals surface area (Å²) in [5.41, 5.74) is 1.04. The van der Waals surface area contributed by atoms with Crippen LogP contribution in [0.1, 0.15) is 12.8 Å². The molecule has 0 radical (unpaired) electrons. The van der Waals surface area contributed by atoms with Crippen molar-refractivity contribution in [3.63, 3.8) is 0 Å². The van der Waals surface area contributed by atoms with E-state index in [0.29, 0.717) is 4.59 Å². The summed E-state index contributed by atoms with van der Waals surface area (Å²) in [4.78, 5) is 4.12. The molecule has 0 saturated carbocycles. The zero-order chi connectivity index (χ0) is 10.0. The Labute approximate surface area is 83.9 Å². The second-order valence-corrected chi connectivity index (χ2v) is 3.77. The van der Waals surface area contributed by atoms with Crippen molar-refractivity contribution >= 4 is 5.69 Å². The molecule has 4 nitrogen and oxygen atoms in total. The van der Waals surface area contributed by atoms with Gasteiger partial charge in [-0.2, -0.15) is 5.84 Å². The van der Waals surface area contributed by atoms with E-state index in [0.717, 1.165) is 24.5 Å². The predicted octanol–water partition coefficient (Wildman–Crippen LogP) is 1.06. The number of nitrogens with zero attached hydrogens (tertiary/aromatic N) is 2. The van der Waals surface area contributed by atoms with Gasteiger partial charge in [0.2, 0.25) is 0 Å². The van der Waals surface area contributed by atoms with Crippen molar-refractivity contribution in [3.8, 4) is 5.75 Å². The van der Waals surface area contributed by atoms with Gasteiger partial charge in [-0.3, -0.25) is 4.98 Å². The van der Waals surface area contributed by atoms with Crippen LogP contribution in [0.4, 0.5) is 5.69 Å². The summed E-state index contributed by atoms with van der Waals surface area (Å²) in [7, 11) is 1.64. The summed E-state index contributed by atoms with van der Waals surface area (Å²) in [6.45, 7) is 1.99. The van der Waals surface area contributed by atoms with Gasteiger partial charge in [0.25, 0.3) is 0 Å². The minimum Gasteiger partial charge on any atom is -0.495 e. The molecular formula is C10H16N3O+. The van der Waals surface area contributed by atoms with Crippen molar-refractivity contribution in [1.82, 2.24) is 9.58 Å². The van der Waals surface area contributed by atoms with Gasteiger partial charge in [-0.1, -0.05) is 0 Å². The molecule has 2 heterocycles. The smallest absolute Gasteiger partial charge is 0.174 e. The van der Waals surface area contributed by atoms with Crippen molar-refractivity contribution in [2.75, 3.05) is 20.2 Å². The lowest BCUT2D eigenvalue weighted by atomic mass is 10.3. The van der Waals surface area contributed by atoms with Crippen molar-refractivity contribution in [2.24, 2.45) is 5.84 Å². The summed E-state index contributed by atoms with van der Waals surface area (Å²) in [6.07, 6.45) is 5.90. The largest absolute Gasteiger partial charge is 0.495 e. The summed E-state index contributed by atoms with van der Waals surface area (Å²) >= 11 is 0. The molecule has 1 aromatic rings. The highest BCUT2D eigenvalue weighted by atomic mass is 16.5. The molecule has 0 spiro atoms. The zero-order valence-corrected chi connectivity index (χ0v) is 8.44. The van der Waals surface area contributed by atoms with Crippen molar-refractivity contribution in [1.29, 1.82) is 0 Å². The average Bonchev–Trinajstić information content (AvgIpc) is 2.67. The van der Waals surface area contributed by atoms with Crippen LogP contribution < -0.4 is 15.2 Å². The molecule has 0 aliphatic carbocycles. The van der Waals surface area contributed by atoms with E-state index in [1.807, 2.05) is 12.3 Å². The SMILES string of the molecule is COc1cncc([N+]2(N)CCCC2)c1. The third-order valence-corrected chi connectivity index (χ3v) is 2.81. The Balaban J connectivity index is 2.30. The van der Waals surface area contributed by atoms with Gasteiger partial charge in [-0.15, -0.1) is 0 Å². The Morgan fingerprint density at radius 1 is 1.36 bits per heavy atom. The molecule has 76 valence electrons. The first-order valence-electron chi connectivity index (χ1n) is 4.90. The van der Waals surface area contributed by atoms with E-state index in [4.69, 9.17) is 10.6 Å². The molecule has 1 fully saturated rings. The molecule has 0 aromatic carbocycles. The van der Waals surface area contributed by atoms with E-state index in [1.165, 1.54) is 12.8 Å². The molecule has 4 heteroatoms. The van der Waals surface area contributed by atoms with Crippen LogP contribution in [0, 0.1) is 0 Å². The van der Waals surface area contributed by atoms with E-state index in [9.17, 15) is 0 Å². The zero-order valence-electron chi connectivity index (χ0n) is 8.44. The van der Waals surface area contributed by atoms with Crippen molar-refractivity contribution in [2.45, 2.75) is 12.8 Å². The first-order valence-corrected chi connectivity index (χ1v) is 4.90. The molecule has 1 aliphatic heterocycles. The normalized spacial score (nSPS) is 19.6. The monoisotopic (exact) mass is 194 g/mol. The van der Waals surface area contributed by atoms with Crippen LogP contribution in [0.15, 0.2) is 18.5 Å². The maximum absolute atomic E-state index is 6.25. The minimum atomic E-state index is 0.504. The predicted molar refractivity (Wildman–Crippen MR) is 55.7 cm³/mol. The number of hydrogen-bond acceptors (Lipinski definition) is 3. The summed E-state index contributed by atoms with van der Waals surface area (Å²) in [6, 6.07) is 1.97. The average molecular weight is 194 g/mol. The molecule has 0 unspecified atom stereocenters. The Morgan fingerprint density at radius 3 is 2.71 bits per heavy atom. The highest BCUT2D eigenvalue weighted by Gasteiger charge is 2.31. The van der Waals surface area contributed by atoms with E-state index in [-0.39, 0.29) is 0 Å². The van der Waals surface area contributed by atoms with E-state index in [2.05, 4.69) is 4.98 Å². The number of nitrogens with two attached hydrogens (primary N) is 1. The second-order valence-electron chi connectivity index (χ2n) is 3.77. The third-order valence-electron chi connectivity index (χ3n) is 2.81. The molecule has 2 rings (SSSR count). The van der Waals surface area contributed by atoms with Gasteiger partial charge in [-0.25, -0.2) is 4.59 Å². The topological polar surface area (TPSA) is 48.1 Å². The van der Waals surface area contributed by atoms with Gasteiger partial charge in [0, 0.05) is 18.9 Å². The quantitative estimate of drug-likeness (QED) is 0.566. The van der Waals surface area contributed by atoms with Gasteiger partial charge in [-0.05, 0) is 0 Å². The Kier molecular flexibility index (Phi) is 2.39. The third kappa shape index (κ3) is 1.58. The van der Waals surface area contributed by atoms with Crippen LogP contribution in [0.25, 0.3) is 0 Å². The number of pyridine rings is 1. The highest BCUT2D eigenvalue weighted by Crippen LogP contribution is 2.26. The molecule has 0 amide bonds. The number of ether oxygens (including phenoxy) is 1. The van der Waals surface area contributed by atoms with Gasteiger partial charge in [0.15, 0.2) is 5.69 Å². The number of methoxy groups -OCH3 is 1. The molecular weight excluding hydrogens is 178 g/mol. The second kappa shape index (κ2) is 3.55. The number of quaternary nitrogens is 1. The molecule has 0 bridgehead atoms. The lowest BCUT2D eigenvalue weighted by Gasteiger charge is -2.26. The van der Waals surface area contributed by atoms with E-state index >= 15 is 0 Å². The maximum Gasteiger partial charge on any atom is 0.174 e. The molecule has 1 saturated heterocycles. The summed E-state index contributed by atoms with van der Waals surface area (Å²) in [5, 5.41) is 0. The Morgan fingerprint density at radius 2 is 2.07 bits per heavy atom. The first kappa shape index (κ1) is 9.43. The van der Waals surface area contributed by atoms with Crippen LogP contribution in [-0.2, 0) is 0 Å². The fourth-order valence-electron chi connectivity index (χ4n) is 1.92. The number of hydrogen-bond donors (Lipinski definition) is 1. The molecule has 0 atom stereocenters. The lowest BCUT2D eigenvalue weighted by molar-refractivity contribution is 0.343. The minimum absolute atomic E-state index is 0.504. The van der Waals surface area contributed by atoms with Gasteiger partial charge in [0.1, 0.15) is 18.8 Å². The number of aromatic nitrogens is 1. The van der Waals surface area contributed by atoms with E-state index in [1.54, 1.807) is 13.3 Å². The van der Waals surface area contributed by atoms with Gasteiger partial charge < -0.3 is 4.74 Å². The number of rotatable bonds is 2. The van der Waals surface area contributed by atoms with Crippen LogP contribution in [0.3, 0.4) is 0 Å². The highest BCUT2D eigenvalue weighted by molar-refractivity contribution is 5.44. The van der Waals surface area contributed by atoms with Crippen LogP contribution >= 0.6 is 0 Å². The summed E-state index contributed by atoms with van der Waals surface area (Å²) in [5.74, 6) is 7.02. The molecule has 14 heavy (non-hydrogen) atoms. The van der Waals surface area contributed by atoms with Crippen LogP contribution in [0.5, 0.6) is 5.75 Å². The Bertz CT molecular complexity index is 321. The summed E-state index contributed by atoms with van der Waals surface area (Å²) < 4.78 is 5.64. The van der Waals surface area contributed by atoms with Gasteiger partial charge in [0.05, 0.1) is 19.5 Å². The standard InChI is InChI=1S/C10H16N3O/c1-14-10-6-9(7-12-8-10)13(11)4-2-3-5-13/h6-8H,2-5,11H2,1H3/q+1. The van der Waals surface area contributed by atoms with Crippen molar-refractivity contribution in [3.05, 3.63) is 18.5 Å². The molecule has 2 N–H and O–H groups in total. The lowest BCUT2D eigenvalue weighted by Crippen LogP contribution is -2.53. The van der Waals surface area contributed by atoms with Crippen LogP contribution in [-0.4, -0.2) is 25.2 Å². The fraction of sp³-hybridized carbons (Fsp3) is 0.500. The maximum atomic E-state index is 6.25. The fourth-order valence-corrected chi connectivity index (χ4v) is 1.92. The van der Waals surface area contributed by atoms with Crippen LogP contribution in [0.2, 0.25) is 0 Å². The molecule has 1 aliphatic rings. The van der Waals surface area contributed by atoms with Crippen molar-refractivity contribution < 1.29 is 4.74 Å².